The Kier molecular flexibility index (Phi) is 2.62. The van der Waals surface area contributed by atoms with Crippen molar-refractivity contribution in [2.24, 2.45) is 0 Å². The Morgan fingerprint density at radius 2 is 2.07 bits per heavy atom. The van der Waals surface area contributed by atoms with Crippen LogP contribution >= 0.6 is 0 Å². The lowest BCUT2D eigenvalue weighted by atomic mass is 10.2. The van der Waals surface area contributed by atoms with E-state index in [0.717, 1.165) is 16.8 Å². The summed E-state index contributed by atoms with van der Waals surface area (Å²) in [4.78, 5) is 21.6. The Morgan fingerprint density at radius 3 is 2.79 bits per heavy atom. The minimum absolute atomic E-state index is 0. The van der Waals surface area contributed by atoms with Crippen LogP contribution in [0.2, 0.25) is 0 Å². The second-order valence-corrected chi connectivity index (χ2v) is 3.05. The molecule has 0 saturated heterocycles. The summed E-state index contributed by atoms with van der Waals surface area (Å²) >= 11 is 0. The van der Waals surface area contributed by atoms with Gasteiger partial charge in [-0.1, -0.05) is 0 Å². The van der Waals surface area contributed by atoms with Crippen molar-refractivity contribution in [2.45, 2.75) is 13.8 Å². The van der Waals surface area contributed by atoms with Gasteiger partial charge in [-0.3, -0.25) is 4.98 Å². The average Bonchev–Trinajstić information content (AvgIpc) is 2.02. The monoisotopic (exact) mass is 193 g/mol. The standard InChI is InChI=1S/C9H9N3O.H2O/c1-5-3-7-8(10-4-5)6(2)11-9(13)12-7;/h3-4H,1-2H3,(H,11,12,13);1H2. The van der Waals surface area contributed by atoms with Crippen LogP contribution in [0.1, 0.15) is 11.3 Å². The summed E-state index contributed by atoms with van der Waals surface area (Å²) in [6, 6.07) is 1.85. The third-order valence-corrected chi connectivity index (χ3v) is 1.88. The molecule has 0 radical (unpaired) electrons. The van der Waals surface area contributed by atoms with Gasteiger partial charge in [0.05, 0.1) is 5.52 Å². The van der Waals surface area contributed by atoms with Crippen molar-refractivity contribution in [3.63, 3.8) is 0 Å². The van der Waals surface area contributed by atoms with Gasteiger partial charge in [0.25, 0.3) is 0 Å². The lowest BCUT2D eigenvalue weighted by Crippen LogP contribution is -2.12. The van der Waals surface area contributed by atoms with Crippen LogP contribution in [0.15, 0.2) is 17.1 Å². The van der Waals surface area contributed by atoms with Crippen LogP contribution in [0.5, 0.6) is 0 Å². The van der Waals surface area contributed by atoms with Gasteiger partial charge in [0, 0.05) is 11.9 Å². The topological polar surface area (TPSA) is 90.1 Å². The molecule has 0 saturated carbocycles. The van der Waals surface area contributed by atoms with Crippen LogP contribution in [0, 0.1) is 13.8 Å². The van der Waals surface area contributed by atoms with Crippen molar-refractivity contribution in [2.75, 3.05) is 0 Å². The van der Waals surface area contributed by atoms with Gasteiger partial charge in [-0.05, 0) is 25.5 Å². The Balaban J connectivity index is 0.000000980. The van der Waals surface area contributed by atoms with Gasteiger partial charge in [-0.25, -0.2) is 4.79 Å². The van der Waals surface area contributed by atoms with Crippen molar-refractivity contribution < 1.29 is 5.48 Å². The van der Waals surface area contributed by atoms with Crippen LogP contribution in [-0.2, 0) is 0 Å². The highest BCUT2D eigenvalue weighted by Gasteiger charge is 2.01. The Morgan fingerprint density at radius 1 is 1.36 bits per heavy atom. The van der Waals surface area contributed by atoms with Crippen molar-refractivity contribution >= 4 is 11.0 Å². The zero-order valence-electron chi connectivity index (χ0n) is 7.96. The van der Waals surface area contributed by atoms with E-state index >= 15 is 0 Å². The molecule has 2 heterocycles. The summed E-state index contributed by atoms with van der Waals surface area (Å²) in [5.41, 5.74) is 2.85. The number of fused-ring (bicyclic) bond motifs is 1. The van der Waals surface area contributed by atoms with Gasteiger partial charge >= 0.3 is 5.69 Å². The van der Waals surface area contributed by atoms with Crippen molar-refractivity contribution in [1.29, 1.82) is 0 Å². The molecule has 0 aromatic carbocycles. The Hall–Kier alpha value is -1.75. The number of H-pyrrole nitrogens is 1. The van der Waals surface area contributed by atoms with Crippen molar-refractivity contribution in [3.8, 4) is 0 Å². The number of pyridine rings is 1. The molecule has 5 nitrogen and oxygen atoms in total. The maximum atomic E-state index is 11.0. The highest BCUT2D eigenvalue weighted by atomic mass is 16.1. The molecule has 2 rings (SSSR count). The van der Waals surface area contributed by atoms with Crippen LogP contribution in [0.3, 0.4) is 0 Å². The first kappa shape index (κ1) is 10.3. The molecule has 0 atom stereocenters. The molecule has 0 aliphatic rings. The third-order valence-electron chi connectivity index (χ3n) is 1.88. The van der Waals surface area contributed by atoms with Gasteiger partial charge in [-0.2, -0.15) is 4.98 Å². The summed E-state index contributed by atoms with van der Waals surface area (Å²) in [5.74, 6) is 0. The average molecular weight is 193 g/mol. The van der Waals surface area contributed by atoms with E-state index in [1.165, 1.54) is 0 Å². The van der Waals surface area contributed by atoms with E-state index in [2.05, 4.69) is 15.0 Å². The number of aromatic amines is 1. The molecular weight excluding hydrogens is 182 g/mol. The number of nitrogens with one attached hydrogen (secondary N) is 1. The van der Waals surface area contributed by atoms with Gasteiger partial charge in [0.15, 0.2) is 0 Å². The largest absolute Gasteiger partial charge is 0.412 e. The normalized spacial score (nSPS) is 9.86. The fraction of sp³-hybridized carbons (Fsp3) is 0.222. The minimum Gasteiger partial charge on any atom is -0.412 e. The van der Waals surface area contributed by atoms with Gasteiger partial charge in [0.2, 0.25) is 0 Å². The summed E-state index contributed by atoms with van der Waals surface area (Å²) in [6.45, 7) is 3.73. The predicted molar refractivity (Wildman–Crippen MR) is 53.2 cm³/mol. The van der Waals surface area contributed by atoms with E-state index in [1.54, 1.807) is 6.20 Å². The van der Waals surface area contributed by atoms with Crippen molar-refractivity contribution in [1.82, 2.24) is 15.0 Å². The maximum Gasteiger partial charge on any atom is 0.345 e. The zero-order chi connectivity index (χ0) is 9.42. The van der Waals surface area contributed by atoms with Crippen LogP contribution in [0.4, 0.5) is 0 Å². The van der Waals surface area contributed by atoms with E-state index in [4.69, 9.17) is 0 Å². The summed E-state index contributed by atoms with van der Waals surface area (Å²) in [7, 11) is 0. The molecule has 0 fully saturated rings. The van der Waals surface area contributed by atoms with E-state index in [9.17, 15) is 4.79 Å². The molecule has 0 amide bonds. The predicted octanol–water partition coefficient (Wildman–Crippen LogP) is 0.110. The first-order chi connectivity index (χ1) is 6.16. The molecule has 0 unspecified atom stereocenters. The lowest BCUT2D eigenvalue weighted by molar-refractivity contribution is 0.824. The van der Waals surface area contributed by atoms with E-state index in [1.807, 2.05) is 19.9 Å². The van der Waals surface area contributed by atoms with Crippen LogP contribution in [0.25, 0.3) is 11.0 Å². The molecule has 5 heteroatoms. The first-order valence-corrected chi connectivity index (χ1v) is 4.00. The Bertz CT molecular complexity index is 519. The van der Waals surface area contributed by atoms with Crippen molar-refractivity contribution in [3.05, 3.63) is 34.0 Å². The second kappa shape index (κ2) is 3.55. The summed E-state index contributed by atoms with van der Waals surface area (Å²) in [5, 5.41) is 0. The highest BCUT2D eigenvalue weighted by Crippen LogP contribution is 2.10. The van der Waals surface area contributed by atoms with E-state index in [-0.39, 0.29) is 11.2 Å². The molecular formula is C9H11N3O2. The number of aryl methyl sites for hydroxylation is 2. The third kappa shape index (κ3) is 1.62. The lowest BCUT2D eigenvalue weighted by Gasteiger charge is -1.99. The fourth-order valence-corrected chi connectivity index (χ4v) is 1.28. The molecule has 2 aromatic heterocycles. The van der Waals surface area contributed by atoms with Gasteiger partial charge < -0.3 is 10.5 Å². The minimum atomic E-state index is -0.322. The number of aromatic nitrogens is 3. The molecule has 3 N–H and O–H groups in total. The second-order valence-electron chi connectivity index (χ2n) is 3.05. The summed E-state index contributed by atoms with van der Waals surface area (Å²) in [6.07, 6.45) is 1.76. The highest BCUT2D eigenvalue weighted by molar-refractivity contribution is 5.76. The quantitative estimate of drug-likeness (QED) is 0.643. The zero-order valence-corrected chi connectivity index (χ0v) is 7.96. The number of nitrogens with zero attached hydrogens (tertiary/aromatic N) is 2. The maximum absolute atomic E-state index is 11.0. The first-order valence-electron chi connectivity index (χ1n) is 4.00. The molecule has 0 aliphatic heterocycles. The SMILES string of the molecule is Cc1cnc2c(C)[nH]c(=O)nc2c1.O. The van der Waals surface area contributed by atoms with Crippen LogP contribution < -0.4 is 5.69 Å². The van der Waals surface area contributed by atoms with Gasteiger partial charge in [-0.15, -0.1) is 0 Å². The number of hydrogen-bond acceptors (Lipinski definition) is 3. The molecule has 2 aromatic rings. The molecule has 0 spiro atoms. The Labute approximate surface area is 80.1 Å². The molecule has 74 valence electrons. The number of rotatable bonds is 0. The molecule has 14 heavy (non-hydrogen) atoms. The summed E-state index contributed by atoms with van der Waals surface area (Å²) < 4.78 is 0. The molecule has 0 bridgehead atoms. The van der Waals surface area contributed by atoms with Gasteiger partial charge in [0.1, 0.15) is 5.52 Å². The fourth-order valence-electron chi connectivity index (χ4n) is 1.28. The van der Waals surface area contributed by atoms with Crippen LogP contribution in [-0.4, -0.2) is 20.4 Å². The molecule has 0 aliphatic carbocycles. The smallest absolute Gasteiger partial charge is 0.345 e. The number of hydrogen-bond donors (Lipinski definition) is 1. The van der Waals surface area contributed by atoms with E-state index < -0.39 is 0 Å². The van der Waals surface area contributed by atoms with E-state index in [0.29, 0.717) is 5.52 Å².